The molecule has 1 aromatic heterocycles. The normalized spacial score (nSPS) is 9.60. The van der Waals surface area contributed by atoms with Crippen LogP contribution in [0, 0.1) is 11.3 Å². The van der Waals surface area contributed by atoms with Crippen molar-refractivity contribution < 1.29 is 0 Å². The number of nitrogen functional groups attached to an aromatic ring is 1. The molecule has 2 rings (SSSR count). The number of nitrogens with zero attached hydrogens (tertiary/aromatic N) is 2. The zero-order valence-corrected chi connectivity index (χ0v) is 8.58. The van der Waals surface area contributed by atoms with E-state index >= 15 is 0 Å². The number of benzene rings is 1. The average molecular weight is 216 g/mol. The van der Waals surface area contributed by atoms with Crippen LogP contribution in [0.25, 0.3) is 11.3 Å². The van der Waals surface area contributed by atoms with Crippen LogP contribution < -0.4 is 11.3 Å². The molecule has 0 bridgehead atoms. The van der Waals surface area contributed by atoms with Gasteiger partial charge < -0.3 is 0 Å². The van der Waals surface area contributed by atoms with Gasteiger partial charge in [-0.2, -0.15) is 5.26 Å². The van der Waals surface area contributed by atoms with Gasteiger partial charge in [0.05, 0.1) is 17.3 Å². The Morgan fingerprint density at radius 1 is 1.33 bits per heavy atom. The smallest absolute Gasteiger partial charge is 0.197 e. The van der Waals surface area contributed by atoms with Crippen molar-refractivity contribution in [1.82, 2.24) is 4.98 Å². The van der Waals surface area contributed by atoms with Crippen molar-refractivity contribution in [1.29, 1.82) is 5.26 Å². The van der Waals surface area contributed by atoms with E-state index < -0.39 is 0 Å². The predicted molar refractivity (Wildman–Crippen MR) is 60.1 cm³/mol. The van der Waals surface area contributed by atoms with Crippen molar-refractivity contribution in [2.45, 2.75) is 0 Å². The predicted octanol–water partition coefficient (Wildman–Crippen LogP) is 1.97. The van der Waals surface area contributed by atoms with E-state index in [1.165, 1.54) is 11.3 Å². The number of thiazole rings is 1. The molecule has 0 radical (unpaired) electrons. The second-order valence-corrected chi connectivity index (χ2v) is 3.73. The molecule has 3 N–H and O–H groups in total. The molecular weight excluding hydrogens is 208 g/mol. The largest absolute Gasteiger partial charge is 0.300 e. The Morgan fingerprint density at radius 3 is 2.60 bits per heavy atom. The first-order chi connectivity index (χ1) is 7.33. The molecule has 0 unspecified atom stereocenters. The molecule has 0 fully saturated rings. The second-order valence-electron chi connectivity index (χ2n) is 2.87. The zero-order valence-electron chi connectivity index (χ0n) is 7.77. The van der Waals surface area contributed by atoms with Crippen LogP contribution in [0.4, 0.5) is 5.13 Å². The van der Waals surface area contributed by atoms with Crippen LogP contribution in [-0.2, 0) is 0 Å². The summed E-state index contributed by atoms with van der Waals surface area (Å²) in [5, 5.41) is 11.2. The van der Waals surface area contributed by atoms with Gasteiger partial charge in [-0.25, -0.2) is 10.8 Å². The number of aromatic nitrogens is 1. The van der Waals surface area contributed by atoms with Gasteiger partial charge in [-0.3, -0.25) is 5.43 Å². The lowest BCUT2D eigenvalue weighted by atomic mass is 10.1. The third kappa shape index (κ3) is 1.96. The molecule has 15 heavy (non-hydrogen) atoms. The highest BCUT2D eigenvalue weighted by atomic mass is 32.1. The average Bonchev–Trinajstić information content (AvgIpc) is 2.78. The molecule has 0 amide bonds. The molecule has 1 heterocycles. The van der Waals surface area contributed by atoms with Gasteiger partial charge in [-0.1, -0.05) is 12.1 Å². The minimum atomic E-state index is 0.645. The van der Waals surface area contributed by atoms with E-state index in [0.717, 1.165) is 11.3 Å². The van der Waals surface area contributed by atoms with Gasteiger partial charge in [0, 0.05) is 10.9 Å². The topological polar surface area (TPSA) is 74.7 Å². The van der Waals surface area contributed by atoms with Crippen LogP contribution in [0.15, 0.2) is 29.6 Å². The van der Waals surface area contributed by atoms with Crippen LogP contribution in [0.2, 0.25) is 0 Å². The summed E-state index contributed by atoms with van der Waals surface area (Å²) in [6.45, 7) is 0. The Hall–Kier alpha value is -1.90. The quantitative estimate of drug-likeness (QED) is 0.594. The number of hydrogen-bond donors (Lipinski definition) is 2. The Labute approximate surface area is 91.0 Å². The standard InChI is InChI=1S/C10H8N4S/c11-5-7-1-3-8(4-2-7)9-6-15-10(13-9)14-12/h1-4,6H,12H2,(H,13,14). The van der Waals surface area contributed by atoms with Crippen molar-refractivity contribution in [3.05, 3.63) is 35.2 Å². The lowest BCUT2D eigenvalue weighted by molar-refractivity contribution is 1.29. The fourth-order valence-corrected chi connectivity index (χ4v) is 1.82. The minimum Gasteiger partial charge on any atom is -0.300 e. The Bertz CT molecular complexity index is 495. The van der Waals surface area contributed by atoms with Crippen LogP contribution in [0.3, 0.4) is 0 Å². The number of anilines is 1. The molecule has 1 aromatic carbocycles. The first-order valence-electron chi connectivity index (χ1n) is 4.26. The molecule has 0 aliphatic carbocycles. The van der Waals surface area contributed by atoms with E-state index in [1.807, 2.05) is 17.5 Å². The summed E-state index contributed by atoms with van der Waals surface area (Å²) in [7, 11) is 0. The molecule has 0 aliphatic heterocycles. The minimum absolute atomic E-state index is 0.645. The van der Waals surface area contributed by atoms with Crippen LogP contribution >= 0.6 is 11.3 Å². The molecule has 4 nitrogen and oxygen atoms in total. The van der Waals surface area contributed by atoms with Gasteiger partial charge in [-0.05, 0) is 12.1 Å². The second kappa shape index (κ2) is 4.09. The van der Waals surface area contributed by atoms with E-state index in [2.05, 4.69) is 16.5 Å². The van der Waals surface area contributed by atoms with E-state index in [9.17, 15) is 0 Å². The van der Waals surface area contributed by atoms with Crippen molar-refractivity contribution in [3.63, 3.8) is 0 Å². The fourth-order valence-electron chi connectivity index (χ4n) is 1.19. The molecule has 0 aliphatic rings. The van der Waals surface area contributed by atoms with Gasteiger partial charge >= 0.3 is 0 Å². The molecule has 0 atom stereocenters. The van der Waals surface area contributed by atoms with Crippen molar-refractivity contribution in [2.75, 3.05) is 5.43 Å². The summed E-state index contributed by atoms with van der Waals surface area (Å²) in [6, 6.07) is 9.35. The SMILES string of the molecule is N#Cc1ccc(-c2csc(NN)n2)cc1. The third-order valence-electron chi connectivity index (χ3n) is 1.94. The zero-order chi connectivity index (χ0) is 10.7. The molecule has 0 spiro atoms. The monoisotopic (exact) mass is 216 g/mol. The molecule has 74 valence electrons. The number of rotatable bonds is 2. The number of hydrazine groups is 1. The maximum atomic E-state index is 8.65. The maximum absolute atomic E-state index is 8.65. The highest BCUT2D eigenvalue weighted by Gasteiger charge is 2.02. The molecule has 0 saturated heterocycles. The fraction of sp³-hybridized carbons (Fsp3) is 0. The Morgan fingerprint density at radius 2 is 2.07 bits per heavy atom. The van der Waals surface area contributed by atoms with Crippen molar-refractivity contribution >= 4 is 16.5 Å². The van der Waals surface area contributed by atoms with Gasteiger partial charge in [-0.15, -0.1) is 11.3 Å². The van der Waals surface area contributed by atoms with Gasteiger partial charge in [0.15, 0.2) is 5.13 Å². The first kappa shape index (κ1) is 9.65. The molecule has 2 aromatic rings. The van der Waals surface area contributed by atoms with Crippen LogP contribution in [0.1, 0.15) is 5.56 Å². The maximum Gasteiger partial charge on any atom is 0.197 e. The van der Waals surface area contributed by atoms with Crippen molar-refractivity contribution in [3.8, 4) is 17.3 Å². The van der Waals surface area contributed by atoms with Crippen LogP contribution in [-0.4, -0.2) is 4.98 Å². The summed E-state index contributed by atoms with van der Waals surface area (Å²) in [6.07, 6.45) is 0. The highest BCUT2D eigenvalue weighted by molar-refractivity contribution is 7.14. The van der Waals surface area contributed by atoms with E-state index in [4.69, 9.17) is 11.1 Å². The lowest BCUT2D eigenvalue weighted by Gasteiger charge is -1.95. The number of nitrogens with one attached hydrogen (secondary N) is 1. The number of hydrogen-bond acceptors (Lipinski definition) is 5. The summed E-state index contributed by atoms with van der Waals surface area (Å²) < 4.78 is 0. The highest BCUT2D eigenvalue weighted by Crippen LogP contribution is 2.24. The lowest BCUT2D eigenvalue weighted by Crippen LogP contribution is -2.05. The van der Waals surface area contributed by atoms with E-state index in [1.54, 1.807) is 12.1 Å². The Balaban J connectivity index is 2.33. The third-order valence-corrected chi connectivity index (χ3v) is 2.71. The van der Waals surface area contributed by atoms with Gasteiger partial charge in [0.2, 0.25) is 0 Å². The summed E-state index contributed by atoms with van der Waals surface area (Å²) in [4.78, 5) is 4.25. The number of nitrogens with two attached hydrogens (primary N) is 1. The van der Waals surface area contributed by atoms with Gasteiger partial charge in [0.1, 0.15) is 0 Å². The molecule has 0 saturated carbocycles. The van der Waals surface area contributed by atoms with E-state index in [-0.39, 0.29) is 0 Å². The van der Waals surface area contributed by atoms with E-state index in [0.29, 0.717) is 10.7 Å². The number of nitriles is 1. The Kier molecular flexibility index (Phi) is 2.63. The summed E-state index contributed by atoms with van der Waals surface area (Å²) in [5.74, 6) is 5.24. The van der Waals surface area contributed by atoms with Gasteiger partial charge in [0.25, 0.3) is 0 Å². The summed E-state index contributed by atoms with van der Waals surface area (Å²) >= 11 is 1.44. The molecular formula is C10H8N4S. The molecule has 5 heteroatoms. The first-order valence-corrected chi connectivity index (χ1v) is 5.14. The van der Waals surface area contributed by atoms with Crippen molar-refractivity contribution in [2.24, 2.45) is 5.84 Å². The summed E-state index contributed by atoms with van der Waals surface area (Å²) in [5.41, 5.74) is 4.98. The van der Waals surface area contributed by atoms with Crippen LogP contribution in [0.5, 0.6) is 0 Å².